The molecule has 1 atom stereocenters. The number of hydrogen-bond donors (Lipinski definition) is 2. The third kappa shape index (κ3) is 3.76. The zero-order valence-electron chi connectivity index (χ0n) is 13.0. The first-order valence-electron chi connectivity index (χ1n) is 7.82. The van der Waals surface area contributed by atoms with E-state index in [1.165, 1.54) is 4.31 Å². The van der Waals surface area contributed by atoms with Crippen molar-refractivity contribution in [1.82, 2.24) is 9.62 Å². The molecule has 21 heavy (non-hydrogen) atoms. The molecular formula is C14H27N3O3S. The van der Waals surface area contributed by atoms with Crippen molar-refractivity contribution in [2.45, 2.75) is 45.1 Å². The van der Waals surface area contributed by atoms with Crippen LogP contribution in [0, 0.1) is 11.8 Å². The van der Waals surface area contributed by atoms with Gasteiger partial charge in [-0.2, -0.15) is 0 Å². The van der Waals surface area contributed by atoms with Gasteiger partial charge in [0.15, 0.2) is 0 Å². The van der Waals surface area contributed by atoms with E-state index in [1.54, 1.807) is 6.92 Å². The fourth-order valence-electron chi connectivity index (χ4n) is 3.00. The highest BCUT2D eigenvalue weighted by Gasteiger charge is 2.42. The average molecular weight is 317 g/mol. The van der Waals surface area contributed by atoms with Gasteiger partial charge < -0.3 is 11.1 Å². The van der Waals surface area contributed by atoms with Crippen molar-refractivity contribution in [1.29, 1.82) is 0 Å². The Morgan fingerprint density at radius 2 is 1.86 bits per heavy atom. The molecule has 0 radical (unpaired) electrons. The van der Waals surface area contributed by atoms with Crippen LogP contribution in [0.5, 0.6) is 0 Å². The number of rotatable bonds is 6. The maximum atomic E-state index is 12.4. The molecule has 1 aliphatic carbocycles. The fraction of sp³-hybridized carbons (Fsp3) is 0.929. The van der Waals surface area contributed by atoms with E-state index in [2.05, 4.69) is 5.32 Å². The molecule has 0 spiro atoms. The smallest absolute Gasteiger partial charge is 0.223 e. The maximum Gasteiger partial charge on any atom is 0.223 e. The lowest BCUT2D eigenvalue weighted by atomic mass is 9.92. The predicted octanol–water partition coefficient (Wildman–Crippen LogP) is 0.292. The second-order valence-corrected chi connectivity index (χ2v) is 8.72. The number of piperidine rings is 1. The minimum absolute atomic E-state index is 0.0309. The van der Waals surface area contributed by atoms with Crippen molar-refractivity contribution in [3.05, 3.63) is 0 Å². The second kappa shape index (κ2) is 6.22. The number of sulfonamides is 1. The Balaban J connectivity index is 1.88. The molecule has 1 amide bonds. The van der Waals surface area contributed by atoms with E-state index >= 15 is 0 Å². The Bertz CT molecular complexity index is 482. The third-order valence-corrected chi connectivity index (χ3v) is 6.78. The number of carbonyl (C=O) groups is 1. The molecule has 1 saturated heterocycles. The summed E-state index contributed by atoms with van der Waals surface area (Å²) in [5.41, 5.74) is 5.52. The molecule has 2 rings (SSSR count). The van der Waals surface area contributed by atoms with Gasteiger partial charge in [0.1, 0.15) is 0 Å². The first-order chi connectivity index (χ1) is 9.82. The van der Waals surface area contributed by atoms with E-state index in [-0.39, 0.29) is 23.1 Å². The Morgan fingerprint density at radius 1 is 1.29 bits per heavy atom. The lowest BCUT2D eigenvalue weighted by Gasteiger charge is -2.34. The van der Waals surface area contributed by atoms with Gasteiger partial charge in [-0.3, -0.25) is 4.79 Å². The van der Waals surface area contributed by atoms with Gasteiger partial charge in [0, 0.05) is 25.6 Å². The molecule has 1 unspecified atom stereocenters. The lowest BCUT2D eigenvalue weighted by molar-refractivity contribution is -0.128. The van der Waals surface area contributed by atoms with Crippen LogP contribution in [0.1, 0.15) is 39.5 Å². The van der Waals surface area contributed by atoms with Crippen molar-refractivity contribution >= 4 is 15.9 Å². The molecule has 0 aromatic carbocycles. The van der Waals surface area contributed by atoms with Crippen LogP contribution in [0.3, 0.4) is 0 Å². The molecule has 7 heteroatoms. The average Bonchev–Trinajstić information content (AvgIpc) is 3.32. The highest BCUT2D eigenvalue weighted by atomic mass is 32.2. The van der Waals surface area contributed by atoms with Crippen LogP contribution in [0.25, 0.3) is 0 Å². The molecule has 1 heterocycles. The molecule has 0 bridgehead atoms. The Morgan fingerprint density at radius 3 is 2.29 bits per heavy atom. The van der Waals surface area contributed by atoms with E-state index in [9.17, 15) is 13.2 Å². The first kappa shape index (κ1) is 16.7. The van der Waals surface area contributed by atoms with Crippen molar-refractivity contribution < 1.29 is 13.2 Å². The Hall–Kier alpha value is -0.660. The van der Waals surface area contributed by atoms with Gasteiger partial charge in [-0.1, -0.05) is 0 Å². The summed E-state index contributed by atoms with van der Waals surface area (Å²) < 4.78 is 25.1. The summed E-state index contributed by atoms with van der Waals surface area (Å²) in [6.45, 7) is 5.00. The standard InChI is InChI=1S/C14H27N3O3S/c1-3-21(19,20)17-8-6-11(7-9-17)13(18)16-14(2,10-15)12-4-5-12/h11-12H,3-10,15H2,1-2H3,(H,16,18). The van der Waals surface area contributed by atoms with Crippen LogP contribution >= 0.6 is 0 Å². The van der Waals surface area contributed by atoms with Crippen LogP contribution in [-0.4, -0.2) is 49.6 Å². The van der Waals surface area contributed by atoms with Crippen LogP contribution in [-0.2, 0) is 14.8 Å². The van der Waals surface area contributed by atoms with E-state index in [0.717, 1.165) is 12.8 Å². The predicted molar refractivity (Wildman–Crippen MR) is 82.1 cm³/mol. The summed E-state index contributed by atoms with van der Waals surface area (Å²) in [6.07, 6.45) is 3.44. The summed E-state index contributed by atoms with van der Waals surface area (Å²) >= 11 is 0. The Kier molecular flexibility index (Phi) is 4.95. The molecule has 2 fully saturated rings. The molecule has 1 saturated carbocycles. The number of carbonyl (C=O) groups excluding carboxylic acids is 1. The summed E-state index contributed by atoms with van der Waals surface area (Å²) in [5.74, 6) is 0.546. The van der Waals surface area contributed by atoms with E-state index in [4.69, 9.17) is 5.73 Å². The fourth-order valence-corrected chi connectivity index (χ4v) is 4.13. The molecule has 2 aliphatic rings. The molecule has 3 N–H and O–H groups in total. The zero-order chi connectivity index (χ0) is 15.7. The van der Waals surface area contributed by atoms with Crippen LogP contribution < -0.4 is 11.1 Å². The molecule has 6 nitrogen and oxygen atoms in total. The largest absolute Gasteiger partial charge is 0.349 e. The summed E-state index contributed by atoms with van der Waals surface area (Å²) in [5, 5.41) is 3.11. The van der Waals surface area contributed by atoms with Crippen LogP contribution in [0.4, 0.5) is 0 Å². The SMILES string of the molecule is CCS(=O)(=O)N1CCC(C(=O)NC(C)(CN)C2CC2)CC1. The minimum Gasteiger partial charge on any atom is -0.349 e. The van der Waals surface area contributed by atoms with Gasteiger partial charge in [-0.15, -0.1) is 0 Å². The second-order valence-electron chi connectivity index (χ2n) is 6.46. The topological polar surface area (TPSA) is 92.5 Å². The van der Waals surface area contributed by atoms with E-state index in [1.807, 2.05) is 6.92 Å². The van der Waals surface area contributed by atoms with Gasteiger partial charge in [0.05, 0.1) is 11.3 Å². The van der Waals surface area contributed by atoms with Gasteiger partial charge in [0.2, 0.25) is 15.9 Å². The van der Waals surface area contributed by atoms with E-state index in [0.29, 0.717) is 38.4 Å². The van der Waals surface area contributed by atoms with Crippen LogP contribution in [0.2, 0.25) is 0 Å². The normalized spacial score (nSPS) is 24.5. The molecule has 122 valence electrons. The minimum atomic E-state index is -3.13. The number of nitrogens with two attached hydrogens (primary N) is 1. The number of nitrogens with one attached hydrogen (secondary N) is 1. The highest BCUT2D eigenvalue weighted by Crippen LogP contribution is 2.39. The number of hydrogen-bond acceptors (Lipinski definition) is 4. The molecular weight excluding hydrogens is 290 g/mol. The Labute approximate surface area is 127 Å². The summed E-state index contributed by atoms with van der Waals surface area (Å²) in [4.78, 5) is 12.4. The lowest BCUT2D eigenvalue weighted by Crippen LogP contribution is -2.55. The van der Waals surface area contributed by atoms with Crippen molar-refractivity contribution in [2.24, 2.45) is 17.6 Å². The number of amides is 1. The first-order valence-corrected chi connectivity index (χ1v) is 9.43. The van der Waals surface area contributed by atoms with E-state index < -0.39 is 10.0 Å². The monoisotopic (exact) mass is 317 g/mol. The van der Waals surface area contributed by atoms with Gasteiger partial charge in [-0.05, 0) is 45.4 Å². The third-order valence-electron chi connectivity index (χ3n) is 4.89. The highest BCUT2D eigenvalue weighted by molar-refractivity contribution is 7.89. The molecule has 0 aromatic heterocycles. The van der Waals surface area contributed by atoms with Crippen molar-refractivity contribution in [2.75, 3.05) is 25.4 Å². The van der Waals surface area contributed by atoms with Crippen LogP contribution in [0.15, 0.2) is 0 Å². The van der Waals surface area contributed by atoms with Gasteiger partial charge in [0.25, 0.3) is 0 Å². The van der Waals surface area contributed by atoms with Crippen molar-refractivity contribution in [3.63, 3.8) is 0 Å². The number of nitrogens with zero attached hydrogens (tertiary/aromatic N) is 1. The maximum absolute atomic E-state index is 12.4. The van der Waals surface area contributed by atoms with Gasteiger partial charge >= 0.3 is 0 Å². The zero-order valence-corrected chi connectivity index (χ0v) is 13.8. The summed E-state index contributed by atoms with van der Waals surface area (Å²) in [6, 6.07) is 0. The molecule has 0 aromatic rings. The quantitative estimate of drug-likeness (QED) is 0.736. The summed E-state index contributed by atoms with van der Waals surface area (Å²) in [7, 11) is -3.13. The molecule has 1 aliphatic heterocycles. The van der Waals surface area contributed by atoms with Crippen molar-refractivity contribution in [3.8, 4) is 0 Å². The van der Waals surface area contributed by atoms with Gasteiger partial charge in [-0.25, -0.2) is 12.7 Å².